The molecular formula is C37H12BClF20N2O. The SMILES string of the molecule is Fc1c(F)c(F)c([B-](c2c(F)c(F)c(F)c(F)c2F)(c2c(F)c(F)c(F)c(F)c2F)c2c(F)c(F)c(F)c(F)c2F)c(F)c1F.O=C(C[n+]1ccncc1CCl)c1ccccc1. The van der Waals surface area contributed by atoms with Gasteiger partial charge in [-0.15, -0.1) is 33.5 Å². The number of carbonyl (C=O) groups excluding carboxylic acids is 1. The van der Waals surface area contributed by atoms with Gasteiger partial charge in [-0.2, -0.15) is 4.57 Å². The van der Waals surface area contributed by atoms with Gasteiger partial charge >= 0.3 is 0 Å². The van der Waals surface area contributed by atoms with E-state index in [2.05, 4.69) is 4.98 Å². The van der Waals surface area contributed by atoms with E-state index < -0.39 is 144 Å². The lowest BCUT2D eigenvalue weighted by atomic mass is 9.12. The van der Waals surface area contributed by atoms with Gasteiger partial charge in [0, 0.05) is 5.56 Å². The number of hydrogen-bond donors (Lipinski definition) is 0. The van der Waals surface area contributed by atoms with Crippen molar-refractivity contribution >= 4 is 45.4 Å². The van der Waals surface area contributed by atoms with Gasteiger partial charge in [0.2, 0.25) is 18.0 Å². The number of halogens is 21. The average molecular weight is 927 g/mol. The Bertz CT molecular complexity index is 2410. The quantitative estimate of drug-likeness (QED) is 0.0297. The third-order valence-electron chi connectivity index (χ3n) is 9.18. The van der Waals surface area contributed by atoms with Crippen molar-refractivity contribution in [3.63, 3.8) is 0 Å². The van der Waals surface area contributed by atoms with Gasteiger partial charge in [-0.3, -0.25) is 9.78 Å². The second-order valence-electron chi connectivity index (χ2n) is 12.4. The second kappa shape index (κ2) is 17.7. The third kappa shape index (κ3) is 7.36. The van der Waals surface area contributed by atoms with E-state index in [0.717, 1.165) is 5.69 Å². The number of benzene rings is 5. The number of rotatable bonds is 8. The normalized spacial score (nSPS) is 11.5. The minimum atomic E-state index is -7.22. The number of aromatic nitrogens is 2. The first-order valence-corrected chi connectivity index (χ1v) is 16.7. The smallest absolute Gasteiger partial charge is 0.227 e. The van der Waals surface area contributed by atoms with Crippen LogP contribution < -0.4 is 26.4 Å². The van der Waals surface area contributed by atoms with Crippen molar-refractivity contribution in [1.82, 2.24) is 4.98 Å². The molecule has 0 unspecified atom stereocenters. The number of carbonyl (C=O) groups is 1. The van der Waals surface area contributed by atoms with Crippen LogP contribution in [0, 0.1) is 116 Å². The van der Waals surface area contributed by atoms with Crippen molar-refractivity contribution in [1.29, 1.82) is 0 Å². The summed E-state index contributed by atoms with van der Waals surface area (Å²) in [6.45, 7) is 0.286. The number of nitrogens with zero attached hydrogens (tertiary/aromatic N) is 2. The summed E-state index contributed by atoms with van der Waals surface area (Å²) in [7, 11) is 0. The van der Waals surface area contributed by atoms with E-state index in [-0.39, 0.29) is 12.3 Å². The molecule has 0 fully saturated rings. The molecule has 0 aliphatic carbocycles. The molecule has 62 heavy (non-hydrogen) atoms. The molecule has 0 aliphatic heterocycles. The van der Waals surface area contributed by atoms with Crippen molar-refractivity contribution in [3.8, 4) is 0 Å². The molecule has 0 saturated heterocycles. The average Bonchev–Trinajstić information content (AvgIpc) is 3.26. The van der Waals surface area contributed by atoms with Crippen molar-refractivity contribution in [2.75, 3.05) is 0 Å². The minimum Gasteiger partial charge on any atom is -0.287 e. The zero-order valence-electron chi connectivity index (χ0n) is 29.4. The summed E-state index contributed by atoms with van der Waals surface area (Å²) in [6, 6.07) is 9.22. The number of ketones is 1. The van der Waals surface area contributed by atoms with E-state index in [4.69, 9.17) is 11.6 Å². The van der Waals surface area contributed by atoms with Gasteiger partial charge in [0.15, 0.2) is 76.0 Å². The molecule has 1 heterocycles. The van der Waals surface area contributed by atoms with Gasteiger partial charge in [-0.1, -0.05) is 30.3 Å². The Kier molecular flexibility index (Phi) is 13.3. The summed E-state index contributed by atoms with van der Waals surface area (Å²) in [5.41, 5.74) is -12.8. The molecule has 0 spiro atoms. The third-order valence-corrected chi connectivity index (χ3v) is 9.45. The lowest BCUT2D eigenvalue weighted by Gasteiger charge is -2.44. The van der Waals surface area contributed by atoms with Crippen LogP contribution in [0.5, 0.6) is 0 Å². The zero-order chi connectivity index (χ0) is 46.4. The van der Waals surface area contributed by atoms with E-state index >= 15 is 35.1 Å². The van der Waals surface area contributed by atoms with Crippen LogP contribution >= 0.6 is 11.6 Å². The molecule has 25 heteroatoms. The molecule has 0 N–H and O–H groups in total. The molecule has 326 valence electrons. The number of alkyl halides is 1. The maximum absolute atomic E-state index is 15.4. The highest BCUT2D eigenvalue weighted by Crippen LogP contribution is 2.30. The van der Waals surface area contributed by atoms with E-state index in [1.165, 1.54) is 0 Å². The summed E-state index contributed by atoms with van der Waals surface area (Å²) in [6.07, 6.45) is -2.14. The Morgan fingerprint density at radius 2 is 0.726 bits per heavy atom. The zero-order valence-corrected chi connectivity index (χ0v) is 30.1. The summed E-state index contributed by atoms with van der Waals surface area (Å²) >= 11 is 5.79. The standard InChI is InChI=1S/C24BF20.C13H12ClN2O/c26-5-1(6(27)14(35)21(42)13(5)34)25(2-7(28)15(36)22(43)16(37)8(2)29,3-9(30)17(38)23(44)18(39)10(3)31)4-11(32)19(40)24(45)20(41)12(4)33;14-8-12-9-15-6-7-16(12)10-13(17)11-4-2-1-3-5-11/h;1-7,9H,8,10H2/q-1;+1. The van der Waals surface area contributed by atoms with Gasteiger partial charge in [0.25, 0.3) is 0 Å². The molecule has 5 aromatic carbocycles. The van der Waals surface area contributed by atoms with Gasteiger partial charge in [-0.05, 0) is 0 Å². The molecule has 1 aromatic heterocycles. The fourth-order valence-corrected chi connectivity index (χ4v) is 6.65. The Morgan fingerprint density at radius 1 is 0.452 bits per heavy atom. The van der Waals surface area contributed by atoms with Crippen molar-refractivity contribution in [3.05, 3.63) is 177 Å². The summed E-state index contributed by atoms with van der Waals surface area (Å²) in [4.78, 5) is 16.0. The van der Waals surface area contributed by atoms with Crippen molar-refractivity contribution in [2.24, 2.45) is 0 Å². The number of hydrogen-bond acceptors (Lipinski definition) is 2. The monoisotopic (exact) mass is 926 g/mol. The van der Waals surface area contributed by atoms with E-state index in [0.29, 0.717) is 11.4 Å². The topological polar surface area (TPSA) is 33.8 Å². The van der Waals surface area contributed by atoms with Crippen LogP contribution in [0.3, 0.4) is 0 Å². The van der Waals surface area contributed by atoms with Gasteiger partial charge < -0.3 is 0 Å². The first-order chi connectivity index (χ1) is 29.0. The van der Waals surface area contributed by atoms with Crippen LogP contribution in [0.2, 0.25) is 0 Å². The molecule has 3 nitrogen and oxygen atoms in total. The van der Waals surface area contributed by atoms with E-state index in [1.54, 1.807) is 18.6 Å². The fraction of sp³-hybridized carbons (Fsp3) is 0.0541. The Balaban J connectivity index is 0.000000355. The summed E-state index contributed by atoms with van der Waals surface area (Å²) in [5, 5.41) is 0. The molecular weight excluding hydrogens is 915 g/mol. The van der Waals surface area contributed by atoms with Gasteiger partial charge in [0.05, 0.1) is 12.4 Å². The molecule has 0 saturated carbocycles. The van der Waals surface area contributed by atoms with E-state index in [9.17, 15) is 57.5 Å². The molecule has 6 aromatic rings. The molecule has 0 radical (unpaired) electrons. The largest absolute Gasteiger partial charge is 0.287 e. The maximum Gasteiger partial charge on any atom is 0.227 e. The lowest BCUT2D eigenvalue weighted by Crippen LogP contribution is -2.81. The Hall–Kier alpha value is -6.20. The van der Waals surface area contributed by atoms with Crippen LogP contribution in [0.1, 0.15) is 16.1 Å². The molecule has 6 rings (SSSR count). The lowest BCUT2D eigenvalue weighted by molar-refractivity contribution is -0.690. The Morgan fingerprint density at radius 3 is 1.00 bits per heavy atom. The van der Waals surface area contributed by atoms with Crippen LogP contribution in [0.15, 0.2) is 48.9 Å². The van der Waals surface area contributed by atoms with Crippen LogP contribution in [0.4, 0.5) is 87.8 Å². The van der Waals surface area contributed by atoms with Gasteiger partial charge in [-0.25, -0.2) is 87.8 Å². The van der Waals surface area contributed by atoms with Crippen LogP contribution in [0.25, 0.3) is 0 Å². The van der Waals surface area contributed by atoms with Crippen molar-refractivity contribution < 1.29 is 97.2 Å². The van der Waals surface area contributed by atoms with E-state index in [1.807, 2.05) is 34.9 Å². The van der Waals surface area contributed by atoms with Crippen LogP contribution in [-0.2, 0) is 12.4 Å². The highest BCUT2D eigenvalue weighted by molar-refractivity contribution is 7.20. The molecule has 0 aliphatic rings. The Labute approximate surface area is 336 Å². The predicted molar refractivity (Wildman–Crippen MR) is 174 cm³/mol. The minimum absolute atomic E-state index is 0.0631. The van der Waals surface area contributed by atoms with Crippen molar-refractivity contribution in [2.45, 2.75) is 12.4 Å². The first-order valence-electron chi connectivity index (χ1n) is 16.2. The molecule has 0 atom stereocenters. The first kappa shape index (κ1) is 46.9. The maximum atomic E-state index is 15.4. The summed E-state index contributed by atoms with van der Waals surface area (Å²) < 4.78 is 296. The summed E-state index contributed by atoms with van der Waals surface area (Å²) in [5.74, 6) is -71.0. The van der Waals surface area contributed by atoms with Gasteiger partial charge in [0.1, 0.15) is 58.6 Å². The molecule has 0 amide bonds. The molecule has 0 bridgehead atoms. The predicted octanol–water partition coefficient (Wildman–Crippen LogP) is 7.84. The highest BCUT2D eigenvalue weighted by Gasteiger charge is 2.52. The highest BCUT2D eigenvalue weighted by atomic mass is 35.5. The van der Waals surface area contributed by atoms with Crippen LogP contribution in [-0.4, -0.2) is 16.9 Å². The fourth-order valence-electron chi connectivity index (χ4n) is 6.43. The second-order valence-corrected chi connectivity index (χ2v) is 12.7. The number of Topliss-reactive ketones (excluding diaryl/α,β-unsaturated/α-hetero) is 1.